The van der Waals surface area contributed by atoms with Gasteiger partial charge in [-0.25, -0.2) is 0 Å². The maximum Gasteiger partial charge on any atom is 0.148 e. The molecule has 1 aliphatic rings. The van der Waals surface area contributed by atoms with Crippen molar-refractivity contribution in [2.45, 2.75) is 13.8 Å². The normalized spacial score (nSPS) is 17.7. The lowest BCUT2D eigenvalue weighted by atomic mass is 10.3. The van der Waals surface area contributed by atoms with Crippen molar-refractivity contribution >= 4 is 0 Å². The van der Waals surface area contributed by atoms with E-state index in [-0.39, 0.29) is 13.3 Å². The molecule has 1 heterocycles. The highest BCUT2D eigenvalue weighted by molar-refractivity contribution is 5.17. The first-order valence-corrected chi connectivity index (χ1v) is 3.73. The number of hydrogen-bond acceptors (Lipinski definition) is 4. The van der Waals surface area contributed by atoms with E-state index in [0.717, 1.165) is 11.4 Å². The van der Waals surface area contributed by atoms with Gasteiger partial charge in [0.05, 0.1) is 11.4 Å². The quantitative estimate of drug-likeness (QED) is 0.629. The molecule has 2 N–H and O–H groups in total. The van der Waals surface area contributed by atoms with Crippen molar-refractivity contribution in [3.8, 4) is 0 Å². The summed E-state index contributed by atoms with van der Waals surface area (Å²) in [6.45, 7) is 3.37. The van der Waals surface area contributed by atoms with Crippen molar-refractivity contribution in [3.63, 3.8) is 0 Å². The van der Waals surface area contributed by atoms with Crippen molar-refractivity contribution < 1.29 is 14.9 Å². The van der Waals surface area contributed by atoms with Gasteiger partial charge in [0.1, 0.15) is 25.4 Å². The minimum atomic E-state index is -0.147. The molecule has 1 aliphatic heterocycles. The van der Waals surface area contributed by atoms with Crippen molar-refractivity contribution in [2.24, 2.45) is 0 Å². The van der Waals surface area contributed by atoms with Crippen LogP contribution in [-0.2, 0) is 4.74 Å². The molecule has 0 radical (unpaired) electrons. The molecule has 0 unspecified atom stereocenters. The number of rotatable bonds is 2. The second-order valence-corrected chi connectivity index (χ2v) is 2.61. The van der Waals surface area contributed by atoms with E-state index in [9.17, 15) is 0 Å². The molecule has 0 bridgehead atoms. The number of allylic oxidation sites excluding steroid dienone is 2. The number of hydrogen-bond donors (Lipinski definition) is 2. The summed E-state index contributed by atoms with van der Waals surface area (Å²) in [5, 5.41) is 17.8. The Morgan fingerprint density at radius 2 is 2.08 bits per heavy atom. The molecule has 0 spiro atoms. The van der Waals surface area contributed by atoms with E-state index in [1.165, 1.54) is 6.26 Å². The molecule has 0 saturated heterocycles. The van der Waals surface area contributed by atoms with Crippen LogP contribution in [-0.4, -0.2) is 28.5 Å². The summed E-state index contributed by atoms with van der Waals surface area (Å²) >= 11 is 0. The monoisotopic (exact) mass is 171 g/mol. The second kappa shape index (κ2) is 3.60. The zero-order valence-electron chi connectivity index (χ0n) is 7.24. The minimum Gasteiger partial charge on any atom is -0.463 e. The lowest BCUT2D eigenvalue weighted by molar-refractivity contribution is 0.132. The minimum absolute atomic E-state index is 0.0962. The van der Waals surface area contributed by atoms with E-state index >= 15 is 0 Å². The molecule has 0 aromatic carbocycles. The van der Waals surface area contributed by atoms with E-state index < -0.39 is 0 Å². The standard InChI is InChI=1S/C8H13NO3/c1-6-4-12-8(3-10)7(2)9(6)5-11/h4,10-11H,3,5H2,1-2H3. The van der Waals surface area contributed by atoms with Crippen molar-refractivity contribution in [1.82, 2.24) is 4.90 Å². The first-order valence-electron chi connectivity index (χ1n) is 3.73. The molecule has 12 heavy (non-hydrogen) atoms. The SMILES string of the molecule is CC1=COC(CO)=C(C)N1CO. The molecule has 0 saturated carbocycles. The van der Waals surface area contributed by atoms with Crippen LogP contribution in [0.2, 0.25) is 0 Å². The van der Waals surface area contributed by atoms with E-state index in [1.54, 1.807) is 11.8 Å². The molecule has 68 valence electrons. The van der Waals surface area contributed by atoms with E-state index in [1.807, 2.05) is 6.92 Å². The fraction of sp³-hybridized carbons (Fsp3) is 0.500. The molecular formula is C8H13NO3. The molecule has 0 atom stereocenters. The van der Waals surface area contributed by atoms with Gasteiger partial charge in [-0.3, -0.25) is 0 Å². The smallest absolute Gasteiger partial charge is 0.148 e. The van der Waals surface area contributed by atoms with Crippen molar-refractivity contribution in [3.05, 3.63) is 23.4 Å². The van der Waals surface area contributed by atoms with E-state index in [2.05, 4.69) is 0 Å². The predicted molar refractivity (Wildman–Crippen MR) is 43.6 cm³/mol. The van der Waals surface area contributed by atoms with Gasteiger partial charge in [0.25, 0.3) is 0 Å². The van der Waals surface area contributed by atoms with Gasteiger partial charge < -0.3 is 19.8 Å². The van der Waals surface area contributed by atoms with E-state index in [4.69, 9.17) is 14.9 Å². The summed E-state index contributed by atoms with van der Waals surface area (Å²) < 4.78 is 5.10. The Morgan fingerprint density at radius 1 is 1.42 bits per heavy atom. The summed E-state index contributed by atoms with van der Waals surface area (Å²) in [5.74, 6) is 0.481. The van der Waals surface area contributed by atoms with Crippen LogP contribution in [0.3, 0.4) is 0 Å². The Labute approximate surface area is 71.4 Å². The Balaban J connectivity index is 2.87. The molecule has 0 fully saturated rings. The maximum atomic E-state index is 8.96. The Kier molecular flexibility index (Phi) is 2.73. The fourth-order valence-electron chi connectivity index (χ4n) is 1.09. The predicted octanol–water partition coefficient (Wildman–Crippen LogP) is 0.353. The first kappa shape index (κ1) is 9.09. The first-order chi connectivity index (χ1) is 5.70. The highest BCUT2D eigenvalue weighted by Crippen LogP contribution is 2.21. The third-order valence-corrected chi connectivity index (χ3v) is 1.89. The molecule has 4 nitrogen and oxygen atoms in total. The van der Waals surface area contributed by atoms with Crippen LogP contribution >= 0.6 is 0 Å². The maximum absolute atomic E-state index is 8.96. The van der Waals surface area contributed by atoms with Gasteiger partial charge in [0.2, 0.25) is 0 Å². The van der Waals surface area contributed by atoms with Gasteiger partial charge in [-0.2, -0.15) is 0 Å². The Bertz CT molecular complexity index is 232. The lowest BCUT2D eigenvalue weighted by Gasteiger charge is -2.28. The van der Waals surface area contributed by atoms with Gasteiger partial charge >= 0.3 is 0 Å². The summed E-state index contributed by atoms with van der Waals surface area (Å²) in [7, 11) is 0. The van der Waals surface area contributed by atoms with Crippen LogP contribution in [0.4, 0.5) is 0 Å². The second-order valence-electron chi connectivity index (χ2n) is 2.61. The zero-order valence-corrected chi connectivity index (χ0v) is 7.24. The van der Waals surface area contributed by atoms with Crippen LogP contribution in [0.15, 0.2) is 23.4 Å². The molecule has 0 aromatic rings. The zero-order chi connectivity index (χ0) is 9.14. The lowest BCUT2D eigenvalue weighted by Crippen LogP contribution is -2.26. The summed E-state index contributed by atoms with van der Waals surface area (Å²) in [6, 6.07) is 0. The van der Waals surface area contributed by atoms with Gasteiger partial charge in [-0.05, 0) is 13.8 Å². The van der Waals surface area contributed by atoms with Gasteiger partial charge in [0.15, 0.2) is 0 Å². The topological polar surface area (TPSA) is 52.9 Å². The molecule has 0 aromatic heterocycles. The van der Waals surface area contributed by atoms with Gasteiger partial charge in [-0.15, -0.1) is 0 Å². The summed E-state index contributed by atoms with van der Waals surface area (Å²) in [6.07, 6.45) is 1.51. The molecule has 0 amide bonds. The average Bonchev–Trinajstić information content (AvgIpc) is 2.06. The van der Waals surface area contributed by atoms with Crippen LogP contribution in [0.25, 0.3) is 0 Å². The van der Waals surface area contributed by atoms with Crippen LogP contribution in [0.5, 0.6) is 0 Å². The average molecular weight is 171 g/mol. The number of aliphatic hydroxyl groups excluding tert-OH is 2. The highest BCUT2D eigenvalue weighted by atomic mass is 16.5. The Hall–Kier alpha value is -1.00. The molecule has 4 heteroatoms. The van der Waals surface area contributed by atoms with Crippen molar-refractivity contribution in [2.75, 3.05) is 13.3 Å². The molecular weight excluding hydrogens is 158 g/mol. The van der Waals surface area contributed by atoms with Gasteiger partial charge in [-0.1, -0.05) is 0 Å². The van der Waals surface area contributed by atoms with Crippen molar-refractivity contribution in [1.29, 1.82) is 0 Å². The van der Waals surface area contributed by atoms with Crippen LogP contribution in [0.1, 0.15) is 13.8 Å². The molecule has 0 aliphatic carbocycles. The summed E-state index contributed by atoms with van der Waals surface area (Å²) in [4.78, 5) is 1.66. The largest absolute Gasteiger partial charge is 0.463 e. The van der Waals surface area contributed by atoms with E-state index in [0.29, 0.717) is 5.76 Å². The fourth-order valence-corrected chi connectivity index (χ4v) is 1.09. The molecule has 1 rings (SSSR count). The number of ether oxygens (including phenoxy) is 1. The van der Waals surface area contributed by atoms with Gasteiger partial charge in [0, 0.05) is 0 Å². The van der Waals surface area contributed by atoms with Crippen LogP contribution < -0.4 is 0 Å². The third-order valence-electron chi connectivity index (χ3n) is 1.89. The third kappa shape index (κ3) is 1.44. The number of aliphatic hydroxyl groups is 2. The Morgan fingerprint density at radius 3 is 2.58 bits per heavy atom. The highest BCUT2D eigenvalue weighted by Gasteiger charge is 2.16. The number of nitrogens with zero attached hydrogens (tertiary/aromatic N) is 1. The summed E-state index contributed by atoms with van der Waals surface area (Å²) in [5.41, 5.74) is 1.58. The van der Waals surface area contributed by atoms with Crippen LogP contribution in [0, 0.1) is 0 Å².